The molecule has 3 aromatic rings. The highest BCUT2D eigenvalue weighted by molar-refractivity contribution is 7.99. The molecule has 1 amide bonds. The molecule has 29 heavy (non-hydrogen) atoms. The van der Waals surface area contributed by atoms with Crippen LogP contribution in [0, 0.1) is 13.8 Å². The molecule has 5 heteroatoms. The summed E-state index contributed by atoms with van der Waals surface area (Å²) < 4.78 is 5.52. The van der Waals surface area contributed by atoms with Crippen LogP contribution in [0.3, 0.4) is 0 Å². The fourth-order valence-electron chi connectivity index (χ4n) is 2.77. The number of nitrogens with one attached hydrogen (secondary N) is 1. The van der Waals surface area contributed by atoms with Crippen LogP contribution in [0.15, 0.2) is 76.5 Å². The van der Waals surface area contributed by atoms with Crippen molar-refractivity contribution in [1.29, 1.82) is 0 Å². The van der Waals surface area contributed by atoms with Crippen LogP contribution in [0.2, 0.25) is 0 Å². The highest BCUT2D eigenvalue weighted by Crippen LogP contribution is 2.31. The quantitative estimate of drug-likeness (QED) is 0.514. The normalized spacial score (nSPS) is 10.4. The van der Waals surface area contributed by atoms with Gasteiger partial charge in [0.25, 0.3) is 5.91 Å². The maximum absolute atomic E-state index is 12.2. The number of aryl methyl sites for hydroxylation is 2. The fourth-order valence-corrected chi connectivity index (χ4v) is 3.77. The largest absolute Gasteiger partial charge is 0.483 e. The van der Waals surface area contributed by atoms with E-state index in [9.17, 15) is 9.59 Å². The van der Waals surface area contributed by atoms with Gasteiger partial charge in [0.2, 0.25) is 0 Å². The molecule has 0 spiro atoms. The average Bonchev–Trinajstić information content (AvgIpc) is 2.71. The molecular weight excluding hydrogens is 382 g/mol. The highest BCUT2D eigenvalue weighted by Gasteiger charge is 2.10. The number of carbonyl (C=O) groups is 2. The van der Waals surface area contributed by atoms with Gasteiger partial charge in [-0.05, 0) is 74.4 Å². The first-order chi connectivity index (χ1) is 13.9. The van der Waals surface area contributed by atoms with E-state index in [0.29, 0.717) is 17.0 Å². The van der Waals surface area contributed by atoms with Crippen molar-refractivity contribution < 1.29 is 14.3 Å². The van der Waals surface area contributed by atoms with Gasteiger partial charge in [0.05, 0.1) is 5.56 Å². The second kappa shape index (κ2) is 9.43. The van der Waals surface area contributed by atoms with Gasteiger partial charge in [-0.15, -0.1) is 0 Å². The molecule has 0 fully saturated rings. The van der Waals surface area contributed by atoms with E-state index in [4.69, 9.17) is 4.74 Å². The summed E-state index contributed by atoms with van der Waals surface area (Å²) >= 11 is 1.70. The molecule has 0 aromatic heterocycles. The summed E-state index contributed by atoms with van der Waals surface area (Å²) in [6.45, 7) is 5.49. The molecule has 0 aliphatic rings. The Morgan fingerprint density at radius 2 is 1.69 bits per heavy atom. The lowest BCUT2D eigenvalue weighted by atomic mass is 10.1. The molecule has 0 unspecified atom stereocenters. The summed E-state index contributed by atoms with van der Waals surface area (Å²) in [6, 6.07) is 21.0. The summed E-state index contributed by atoms with van der Waals surface area (Å²) in [6.07, 6.45) is 0. The van der Waals surface area contributed by atoms with Gasteiger partial charge in [-0.1, -0.05) is 36.0 Å². The number of Topliss-reactive ketones (excluding diaryl/α,β-unsaturated/α-hetero) is 1. The minimum absolute atomic E-state index is 0.0991. The first kappa shape index (κ1) is 20.7. The third-order valence-electron chi connectivity index (χ3n) is 4.33. The summed E-state index contributed by atoms with van der Waals surface area (Å²) in [5, 5.41) is 2.81. The zero-order chi connectivity index (χ0) is 20.8. The van der Waals surface area contributed by atoms with Crippen molar-refractivity contribution >= 4 is 29.1 Å². The number of carbonyl (C=O) groups excluding carboxylic acids is 2. The SMILES string of the molecule is CC(=O)c1ccccc1OCC(=O)Nc1ccc(Sc2cc(C)ccc2C)cc1. The number of hydrogen-bond acceptors (Lipinski definition) is 4. The first-order valence-electron chi connectivity index (χ1n) is 9.30. The topological polar surface area (TPSA) is 55.4 Å². The van der Waals surface area contributed by atoms with Crippen molar-refractivity contribution in [3.05, 3.63) is 83.4 Å². The van der Waals surface area contributed by atoms with Crippen LogP contribution >= 0.6 is 11.8 Å². The molecule has 3 aromatic carbocycles. The van der Waals surface area contributed by atoms with Crippen molar-refractivity contribution in [2.75, 3.05) is 11.9 Å². The molecule has 0 bridgehead atoms. The molecular formula is C24H23NO3S. The highest BCUT2D eigenvalue weighted by atomic mass is 32.2. The Labute approximate surface area is 175 Å². The van der Waals surface area contributed by atoms with E-state index in [1.165, 1.54) is 22.9 Å². The Morgan fingerprint density at radius 3 is 2.41 bits per heavy atom. The Morgan fingerprint density at radius 1 is 0.966 bits per heavy atom. The van der Waals surface area contributed by atoms with Crippen molar-refractivity contribution in [2.45, 2.75) is 30.6 Å². The molecule has 148 valence electrons. The molecule has 0 aliphatic heterocycles. The fraction of sp³-hybridized carbons (Fsp3) is 0.167. The van der Waals surface area contributed by atoms with Crippen LogP contribution in [0.25, 0.3) is 0 Å². The van der Waals surface area contributed by atoms with Gasteiger partial charge < -0.3 is 10.1 Å². The van der Waals surface area contributed by atoms with Crippen molar-refractivity contribution in [3.8, 4) is 5.75 Å². The molecule has 0 saturated heterocycles. The second-order valence-corrected chi connectivity index (χ2v) is 7.90. The van der Waals surface area contributed by atoms with Crippen molar-refractivity contribution in [3.63, 3.8) is 0 Å². The number of anilines is 1. The van der Waals surface area contributed by atoms with Crippen LogP contribution in [0.5, 0.6) is 5.75 Å². The smallest absolute Gasteiger partial charge is 0.262 e. The minimum Gasteiger partial charge on any atom is -0.483 e. The number of para-hydroxylation sites is 1. The van der Waals surface area contributed by atoms with Gasteiger partial charge in [-0.2, -0.15) is 0 Å². The van der Waals surface area contributed by atoms with E-state index in [1.54, 1.807) is 36.0 Å². The third kappa shape index (κ3) is 5.72. The number of amides is 1. The molecule has 0 heterocycles. The third-order valence-corrected chi connectivity index (χ3v) is 5.50. The first-order valence-corrected chi connectivity index (χ1v) is 10.1. The molecule has 4 nitrogen and oxygen atoms in total. The predicted octanol–water partition coefficient (Wildman–Crippen LogP) is 5.67. The zero-order valence-electron chi connectivity index (χ0n) is 16.7. The van der Waals surface area contributed by atoms with Gasteiger partial charge >= 0.3 is 0 Å². The Hall–Kier alpha value is -3.05. The maximum Gasteiger partial charge on any atom is 0.262 e. The Balaban J connectivity index is 1.58. The lowest BCUT2D eigenvalue weighted by Crippen LogP contribution is -2.20. The molecule has 3 rings (SSSR count). The molecule has 1 N–H and O–H groups in total. The van der Waals surface area contributed by atoms with Crippen molar-refractivity contribution in [1.82, 2.24) is 0 Å². The molecule has 0 aliphatic carbocycles. The summed E-state index contributed by atoms with van der Waals surface area (Å²) in [4.78, 5) is 26.1. The van der Waals surface area contributed by atoms with Gasteiger partial charge in [0, 0.05) is 15.5 Å². The van der Waals surface area contributed by atoms with Gasteiger partial charge in [-0.25, -0.2) is 0 Å². The average molecular weight is 406 g/mol. The van der Waals surface area contributed by atoms with Gasteiger partial charge in [-0.3, -0.25) is 9.59 Å². The Kier molecular flexibility index (Phi) is 6.73. The van der Waals surface area contributed by atoms with Crippen LogP contribution in [-0.4, -0.2) is 18.3 Å². The summed E-state index contributed by atoms with van der Waals surface area (Å²) in [7, 11) is 0. The monoisotopic (exact) mass is 405 g/mol. The van der Waals surface area contributed by atoms with Crippen LogP contribution in [-0.2, 0) is 4.79 Å². The molecule has 0 radical (unpaired) electrons. The van der Waals surface area contributed by atoms with Crippen LogP contribution < -0.4 is 10.1 Å². The second-order valence-electron chi connectivity index (χ2n) is 6.78. The predicted molar refractivity (Wildman–Crippen MR) is 117 cm³/mol. The lowest BCUT2D eigenvalue weighted by Gasteiger charge is -2.11. The number of ether oxygens (including phenoxy) is 1. The maximum atomic E-state index is 12.2. The van der Waals surface area contributed by atoms with E-state index in [1.807, 2.05) is 24.3 Å². The number of rotatable bonds is 7. The van der Waals surface area contributed by atoms with Crippen LogP contribution in [0.4, 0.5) is 5.69 Å². The van der Waals surface area contributed by atoms with E-state index in [2.05, 4.69) is 37.4 Å². The van der Waals surface area contributed by atoms with Gasteiger partial charge in [0.15, 0.2) is 12.4 Å². The number of hydrogen-bond donors (Lipinski definition) is 1. The van der Waals surface area contributed by atoms with Gasteiger partial charge in [0.1, 0.15) is 5.75 Å². The summed E-state index contributed by atoms with van der Waals surface area (Å²) in [5.41, 5.74) is 3.63. The van der Waals surface area contributed by atoms with Crippen LogP contribution in [0.1, 0.15) is 28.4 Å². The summed E-state index contributed by atoms with van der Waals surface area (Å²) in [5.74, 6) is 0.0339. The van der Waals surface area contributed by atoms with E-state index < -0.39 is 0 Å². The van der Waals surface area contributed by atoms with E-state index in [-0.39, 0.29) is 18.3 Å². The Bertz CT molecular complexity index is 1030. The number of ketones is 1. The minimum atomic E-state index is -0.279. The van der Waals surface area contributed by atoms with Crippen molar-refractivity contribution in [2.24, 2.45) is 0 Å². The standard InChI is InChI=1S/C24H23NO3S/c1-16-8-9-17(2)23(14-16)29-20-12-10-19(11-13-20)25-24(27)15-28-22-7-5-4-6-21(22)18(3)26/h4-14H,15H2,1-3H3,(H,25,27). The lowest BCUT2D eigenvalue weighted by molar-refractivity contribution is -0.118. The number of benzene rings is 3. The molecule has 0 atom stereocenters. The molecule has 0 saturated carbocycles. The zero-order valence-corrected chi connectivity index (χ0v) is 17.5. The van der Waals surface area contributed by atoms with E-state index >= 15 is 0 Å². The van der Waals surface area contributed by atoms with E-state index in [0.717, 1.165) is 4.90 Å².